The van der Waals surface area contributed by atoms with E-state index in [-0.39, 0.29) is 24.4 Å². The molecule has 0 spiro atoms. The summed E-state index contributed by atoms with van der Waals surface area (Å²) in [5, 5.41) is 5.20. The lowest BCUT2D eigenvalue weighted by Crippen LogP contribution is -2.53. The molecule has 0 aromatic heterocycles. The molecule has 13 heteroatoms. The first kappa shape index (κ1) is 31.2. The van der Waals surface area contributed by atoms with Crippen LogP contribution < -0.4 is 20.2 Å². The number of benzene rings is 3. The summed E-state index contributed by atoms with van der Waals surface area (Å²) < 4.78 is 34.1. The molecule has 4 rings (SSSR count). The molecule has 1 heterocycles. The summed E-state index contributed by atoms with van der Waals surface area (Å²) in [4.78, 5) is 44.6. The molecule has 1 saturated heterocycles. The molecule has 0 bridgehead atoms. The predicted molar refractivity (Wildman–Crippen MR) is 157 cm³/mol. The fourth-order valence-electron chi connectivity index (χ4n) is 4.28. The molecule has 0 saturated carbocycles. The van der Waals surface area contributed by atoms with Gasteiger partial charge in [-0.25, -0.2) is 17.4 Å². The second kappa shape index (κ2) is 15.5. The number of Topliss-reactive ketones (excluding diaryl/α,β-unsaturated/α-hetero) is 1. The Bertz CT molecular complexity index is 1430. The van der Waals surface area contributed by atoms with Crippen LogP contribution in [-0.4, -0.2) is 62.0 Å². The Labute approximate surface area is 249 Å². The molecule has 1 fully saturated rings. The van der Waals surface area contributed by atoms with Crippen molar-refractivity contribution in [3.05, 3.63) is 96.6 Å². The zero-order chi connectivity index (χ0) is 29.8. The smallest absolute Gasteiger partial charge is 0.289 e. The number of carbonyl (C=O) groups is 3. The van der Waals surface area contributed by atoms with Gasteiger partial charge in [0.2, 0.25) is 21.7 Å². The second-order valence-corrected chi connectivity index (χ2v) is 11.9. The van der Waals surface area contributed by atoms with E-state index in [1.165, 1.54) is 12.1 Å². The maximum absolute atomic E-state index is 13.3. The van der Waals surface area contributed by atoms with Gasteiger partial charge in [-0.1, -0.05) is 71.1 Å². The number of amides is 2. The highest BCUT2D eigenvalue weighted by molar-refractivity contribution is 7.92. The zero-order valence-electron chi connectivity index (χ0n) is 22.7. The summed E-state index contributed by atoms with van der Waals surface area (Å²) >= 11 is 0.905. The molecule has 3 N–H and O–H groups in total. The van der Waals surface area contributed by atoms with Crippen molar-refractivity contribution in [1.29, 1.82) is 0 Å². The van der Waals surface area contributed by atoms with Crippen LogP contribution in [0, 0.1) is 0 Å². The number of ketones is 1. The standard InChI is InChI=1S/C29H32N4O7S2/c34-27(29(36)30-18-19-31-42(37,38)24-15-8-3-9-16-24)25(21-22-11-4-1-5-12-22)32-28(35)26-17-10-20-33(26)41-40-39-23-13-6-2-7-14-23/h1-9,11-16,25-26,31H,10,17-21H2,(H,30,36)(H,32,35)/t25-,26-/m0/s1. The van der Waals surface area contributed by atoms with E-state index >= 15 is 0 Å². The largest absolute Gasteiger partial charge is 0.348 e. The van der Waals surface area contributed by atoms with Gasteiger partial charge < -0.3 is 15.5 Å². The summed E-state index contributed by atoms with van der Waals surface area (Å²) in [5.41, 5.74) is 0.761. The van der Waals surface area contributed by atoms with Crippen LogP contribution in [0.25, 0.3) is 0 Å². The Morgan fingerprint density at radius 1 is 0.905 bits per heavy atom. The van der Waals surface area contributed by atoms with Crippen molar-refractivity contribution < 1.29 is 32.0 Å². The monoisotopic (exact) mass is 612 g/mol. The minimum atomic E-state index is -3.76. The quantitative estimate of drug-likeness (QED) is 0.0589. The number of nitrogens with one attached hydrogen (secondary N) is 3. The number of nitrogens with zero attached hydrogens (tertiary/aromatic N) is 1. The van der Waals surface area contributed by atoms with Crippen molar-refractivity contribution in [2.45, 2.75) is 36.2 Å². The van der Waals surface area contributed by atoms with E-state index in [1.54, 1.807) is 71.0 Å². The van der Waals surface area contributed by atoms with Crippen LogP contribution >= 0.6 is 12.2 Å². The van der Waals surface area contributed by atoms with E-state index in [0.717, 1.165) is 24.2 Å². The van der Waals surface area contributed by atoms with Crippen LogP contribution in [0.5, 0.6) is 5.75 Å². The van der Waals surface area contributed by atoms with Gasteiger partial charge in [0.1, 0.15) is 24.3 Å². The molecule has 42 heavy (non-hydrogen) atoms. The molecule has 2 atom stereocenters. The Morgan fingerprint density at radius 3 is 2.24 bits per heavy atom. The van der Waals surface area contributed by atoms with Gasteiger partial charge in [-0.15, -0.1) is 0 Å². The first-order valence-corrected chi connectivity index (χ1v) is 15.6. The van der Waals surface area contributed by atoms with E-state index in [4.69, 9.17) is 9.22 Å². The third kappa shape index (κ3) is 9.13. The highest BCUT2D eigenvalue weighted by atomic mass is 32.2. The van der Waals surface area contributed by atoms with Gasteiger partial charge in [-0.3, -0.25) is 14.4 Å². The molecular weight excluding hydrogens is 580 g/mol. The van der Waals surface area contributed by atoms with Crippen LogP contribution in [-0.2, 0) is 35.2 Å². The third-order valence-corrected chi connectivity index (χ3v) is 8.64. The molecule has 3 aromatic rings. The van der Waals surface area contributed by atoms with Gasteiger partial charge in [-0.05, 0) is 42.7 Å². The number of hydrogen-bond donors (Lipinski definition) is 3. The average molecular weight is 613 g/mol. The Kier molecular flexibility index (Phi) is 11.5. The molecule has 3 aromatic carbocycles. The third-order valence-electron chi connectivity index (χ3n) is 6.40. The fourth-order valence-corrected chi connectivity index (χ4v) is 6.03. The number of hydrogen-bond acceptors (Lipinski definition) is 9. The highest BCUT2D eigenvalue weighted by Crippen LogP contribution is 2.27. The van der Waals surface area contributed by atoms with Gasteiger partial charge in [0.25, 0.3) is 5.91 Å². The van der Waals surface area contributed by atoms with Crippen molar-refractivity contribution in [3.8, 4) is 5.75 Å². The van der Waals surface area contributed by atoms with Gasteiger partial charge >= 0.3 is 0 Å². The first-order chi connectivity index (χ1) is 20.3. The highest BCUT2D eigenvalue weighted by Gasteiger charge is 2.36. The Hall–Kier alpha value is -3.75. The van der Waals surface area contributed by atoms with E-state index in [1.807, 2.05) is 12.1 Å². The minimum absolute atomic E-state index is 0.0918. The fraction of sp³-hybridized carbons (Fsp3) is 0.276. The average Bonchev–Trinajstić information content (AvgIpc) is 3.49. The number of para-hydroxylation sites is 1. The lowest BCUT2D eigenvalue weighted by Gasteiger charge is -2.24. The molecule has 0 unspecified atom stereocenters. The summed E-state index contributed by atoms with van der Waals surface area (Å²) in [7, 11) is -3.76. The summed E-state index contributed by atoms with van der Waals surface area (Å²) in [6, 6.07) is 24.0. The summed E-state index contributed by atoms with van der Waals surface area (Å²) in [6.07, 6.45) is 1.37. The maximum Gasteiger partial charge on any atom is 0.289 e. The molecule has 0 aliphatic carbocycles. The Balaban J connectivity index is 1.33. The summed E-state index contributed by atoms with van der Waals surface area (Å²) in [5.74, 6) is -1.66. The van der Waals surface area contributed by atoms with Crippen LogP contribution in [0.4, 0.5) is 0 Å². The van der Waals surface area contributed by atoms with E-state index < -0.39 is 39.7 Å². The van der Waals surface area contributed by atoms with Crippen molar-refractivity contribution in [3.63, 3.8) is 0 Å². The van der Waals surface area contributed by atoms with Crippen LogP contribution in [0.2, 0.25) is 0 Å². The van der Waals surface area contributed by atoms with Gasteiger partial charge in [0.15, 0.2) is 5.75 Å². The van der Waals surface area contributed by atoms with Crippen LogP contribution in [0.1, 0.15) is 18.4 Å². The molecule has 0 radical (unpaired) electrons. The van der Waals surface area contributed by atoms with Gasteiger partial charge in [0.05, 0.1) is 4.90 Å². The van der Waals surface area contributed by atoms with Crippen molar-refractivity contribution in [2.24, 2.45) is 0 Å². The molecule has 11 nitrogen and oxygen atoms in total. The normalized spacial score (nSPS) is 16.0. The Morgan fingerprint density at radius 2 is 1.55 bits per heavy atom. The number of sulfonamides is 1. The van der Waals surface area contributed by atoms with Crippen molar-refractivity contribution in [2.75, 3.05) is 19.6 Å². The molecular formula is C29H32N4O7S2. The predicted octanol–water partition coefficient (Wildman–Crippen LogP) is 2.42. The topological polar surface area (TPSA) is 143 Å². The van der Waals surface area contributed by atoms with Crippen molar-refractivity contribution >= 4 is 39.8 Å². The van der Waals surface area contributed by atoms with E-state index in [2.05, 4.69) is 15.4 Å². The van der Waals surface area contributed by atoms with E-state index in [9.17, 15) is 22.8 Å². The van der Waals surface area contributed by atoms with Crippen molar-refractivity contribution in [1.82, 2.24) is 19.7 Å². The SMILES string of the molecule is O=C(NCCNS(=O)(=O)c1ccccc1)C(=O)[C@H](Cc1ccccc1)NC(=O)[C@@H]1CCCN1SOOc1ccccc1. The van der Waals surface area contributed by atoms with Crippen LogP contribution in [0.15, 0.2) is 95.9 Å². The van der Waals surface area contributed by atoms with Gasteiger partial charge in [0, 0.05) is 26.1 Å². The van der Waals surface area contributed by atoms with E-state index in [0.29, 0.717) is 18.7 Å². The number of rotatable bonds is 15. The molecule has 1 aliphatic heterocycles. The lowest BCUT2D eigenvalue weighted by molar-refractivity contribution is -0.140. The minimum Gasteiger partial charge on any atom is -0.348 e. The first-order valence-electron chi connectivity index (χ1n) is 13.4. The molecule has 2 amide bonds. The maximum atomic E-state index is 13.3. The second-order valence-electron chi connectivity index (χ2n) is 9.42. The zero-order valence-corrected chi connectivity index (χ0v) is 24.3. The lowest BCUT2D eigenvalue weighted by atomic mass is 10.0. The molecule has 222 valence electrons. The van der Waals surface area contributed by atoms with Crippen LogP contribution in [0.3, 0.4) is 0 Å². The molecule has 1 aliphatic rings. The summed E-state index contributed by atoms with van der Waals surface area (Å²) in [6.45, 7) is 0.331. The number of carbonyl (C=O) groups excluding carboxylic acids is 3. The van der Waals surface area contributed by atoms with Gasteiger partial charge in [-0.2, -0.15) is 0 Å².